The summed E-state index contributed by atoms with van der Waals surface area (Å²) in [7, 11) is 1.53. The van der Waals surface area contributed by atoms with E-state index in [-0.39, 0.29) is 22.8 Å². The van der Waals surface area contributed by atoms with E-state index < -0.39 is 23.5 Å². The lowest BCUT2D eigenvalue weighted by Crippen LogP contribution is -2.40. The van der Waals surface area contributed by atoms with Crippen molar-refractivity contribution in [2.45, 2.75) is 26.3 Å². The molecule has 12 heteroatoms. The van der Waals surface area contributed by atoms with Gasteiger partial charge in [-0.1, -0.05) is 72.3 Å². The number of para-hydroxylation sites is 1. The van der Waals surface area contributed by atoms with Crippen LogP contribution in [0.1, 0.15) is 53.6 Å². The summed E-state index contributed by atoms with van der Waals surface area (Å²) in [4.78, 5) is 45.2. The minimum Gasteiger partial charge on any atom is -0.493 e. The summed E-state index contributed by atoms with van der Waals surface area (Å²) in [6, 6.07) is 21.6. The zero-order valence-corrected chi connectivity index (χ0v) is 28.3. The second kappa shape index (κ2) is 14.4. The van der Waals surface area contributed by atoms with Gasteiger partial charge < -0.3 is 23.7 Å². The Morgan fingerprint density at radius 2 is 1.84 bits per heavy atom. The Morgan fingerprint density at radius 3 is 2.55 bits per heavy atom. The number of furan rings is 1. The Hall–Kier alpha value is -5.39. The van der Waals surface area contributed by atoms with Crippen molar-refractivity contribution in [1.29, 1.82) is 0 Å². The summed E-state index contributed by atoms with van der Waals surface area (Å²) in [5, 5.41) is 9.61. The molecule has 2 aromatic heterocycles. The number of ether oxygens (including phenoxy) is 3. The van der Waals surface area contributed by atoms with Crippen molar-refractivity contribution < 1.29 is 33.3 Å². The first-order valence-electron chi connectivity index (χ1n) is 15.5. The lowest BCUT2D eigenvalue weighted by Gasteiger charge is -2.27. The Kier molecular flexibility index (Phi) is 9.84. The fraction of sp³-hybridized carbons (Fsp3) is 0.189. The van der Waals surface area contributed by atoms with Gasteiger partial charge in [0.05, 0.1) is 46.7 Å². The minimum absolute atomic E-state index is 0.0584. The second-order valence-electron chi connectivity index (χ2n) is 10.9. The van der Waals surface area contributed by atoms with Crippen molar-refractivity contribution in [3.63, 3.8) is 0 Å². The number of halogens is 1. The van der Waals surface area contributed by atoms with E-state index in [4.69, 9.17) is 35.2 Å². The van der Waals surface area contributed by atoms with Crippen molar-refractivity contribution in [3.8, 4) is 22.8 Å². The molecule has 1 atom stereocenters. The Labute approximate surface area is 289 Å². The molecular weight excluding hydrogens is 668 g/mol. The predicted molar refractivity (Wildman–Crippen MR) is 186 cm³/mol. The molecular formula is C37H31ClN2O8S. The van der Waals surface area contributed by atoms with Crippen LogP contribution in [0.2, 0.25) is 5.02 Å². The quantitative estimate of drug-likeness (QED) is 0.158. The first kappa shape index (κ1) is 33.5. The molecule has 3 heterocycles. The number of benzene rings is 3. The van der Waals surface area contributed by atoms with Crippen LogP contribution in [0, 0.1) is 0 Å². The van der Waals surface area contributed by atoms with E-state index in [2.05, 4.69) is 0 Å². The number of hydrogen-bond acceptors (Lipinski definition) is 9. The Bertz CT molecular complexity index is 2270. The fourth-order valence-electron chi connectivity index (χ4n) is 5.56. The zero-order chi connectivity index (χ0) is 34.7. The maximum atomic E-state index is 14.4. The van der Waals surface area contributed by atoms with Gasteiger partial charge in [-0.05, 0) is 49.7 Å². The standard InChI is InChI=1S/C37H31ClN2O8S/c1-4-18-47-33-24(12-9-13-28(33)45-3)32-30(36(44)46-5-2)31(21-10-7-6-8-11-21)39-37-40(32)34(41)29(49-37)20-23-15-17-27(48-23)22-14-16-26(38)25(19-22)35(42)43/h6-17,19-20,32H,4-5,18H2,1-3H3,(H,42,43)/b29-20+/t32-/m1/s1. The smallest absolute Gasteiger partial charge is 0.338 e. The molecule has 1 N–H and O–H groups in total. The number of carboxylic acids is 1. The molecule has 0 saturated carbocycles. The van der Waals surface area contributed by atoms with E-state index in [1.54, 1.807) is 49.4 Å². The molecule has 5 aromatic rings. The van der Waals surface area contributed by atoms with Gasteiger partial charge in [-0.3, -0.25) is 9.36 Å². The molecule has 0 radical (unpaired) electrons. The van der Waals surface area contributed by atoms with Crippen molar-refractivity contribution in [2.75, 3.05) is 20.3 Å². The lowest BCUT2D eigenvalue weighted by molar-refractivity contribution is -0.138. The average Bonchev–Trinajstić information content (AvgIpc) is 3.70. The lowest BCUT2D eigenvalue weighted by atomic mass is 9.92. The number of fused-ring (bicyclic) bond motifs is 1. The number of carboxylic acid groups (broad SMARTS) is 1. The molecule has 0 fully saturated rings. The SMILES string of the molecule is CCCOc1c(OC)cccc1[C@@H]1C(C(=O)OCC)=C(c2ccccc2)N=c2s/c(=C/c3ccc(-c4ccc(Cl)c(C(=O)O)c4)o3)c(=O)n21. The van der Waals surface area contributed by atoms with Crippen molar-refractivity contribution in [1.82, 2.24) is 4.57 Å². The van der Waals surface area contributed by atoms with Gasteiger partial charge >= 0.3 is 11.9 Å². The first-order valence-corrected chi connectivity index (χ1v) is 16.7. The van der Waals surface area contributed by atoms with Gasteiger partial charge in [0.2, 0.25) is 0 Å². The zero-order valence-electron chi connectivity index (χ0n) is 26.8. The number of aromatic nitrogens is 1. The molecule has 0 amide bonds. The molecule has 3 aromatic carbocycles. The number of carbonyl (C=O) groups excluding carboxylic acids is 1. The molecule has 1 aliphatic rings. The number of rotatable bonds is 11. The van der Waals surface area contributed by atoms with Gasteiger partial charge in [0, 0.05) is 22.8 Å². The van der Waals surface area contributed by atoms with Gasteiger partial charge in [0.15, 0.2) is 16.3 Å². The molecule has 0 saturated heterocycles. The molecule has 0 bridgehead atoms. The van der Waals surface area contributed by atoms with Crippen LogP contribution in [0.4, 0.5) is 0 Å². The maximum absolute atomic E-state index is 14.4. The van der Waals surface area contributed by atoms with Crippen molar-refractivity contribution in [2.24, 2.45) is 4.99 Å². The van der Waals surface area contributed by atoms with E-state index in [1.807, 2.05) is 37.3 Å². The van der Waals surface area contributed by atoms with Crippen LogP contribution in [0.3, 0.4) is 0 Å². The minimum atomic E-state index is -1.16. The van der Waals surface area contributed by atoms with Crippen molar-refractivity contribution in [3.05, 3.63) is 132 Å². The number of esters is 1. The van der Waals surface area contributed by atoms with Gasteiger partial charge in [0.25, 0.3) is 5.56 Å². The summed E-state index contributed by atoms with van der Waals surface area (Å²) >= 11 is 7.20. The van der Waals surface area contributed by atoms with Crippen molar-refractivity contribution >= 4 is 46.6 Å². The van der Waals surface area contributed by atoms with Crippen LogP contribution in [-0.4, -0.2) is 41.9 Å². The average molecular weight is 699 g/mol. The van der Waals surface area contributed by atoms with Crippen LogP contribution < -0.4 is 24.4 Å². The topological polar surface area (TPSA) is 130 Å². The number of thiazole rings is 1. The predicted octanol–water partition coefficient (Wildman–Crippen LogP) is 6.34. The van der Waals surface area contributed by atoms with Crippen LogP contribution in [0.25, 0.3) is 23.1 Å². The Morgan fingerprint density at radius 1 is 1.04 bits per heavy atom. The van der Waals surface area contributed by atoms with E-state index in [0.29, 0.717) is 61.3 Å². The van der Waals surface area contributed by atoms with Gasteiger partial charge in [-0.15, -0.1) is 0 Å². The summed E-state index contributed by atoms with van der Waals surface area (Å²) in [6.45, 7) is 4.19. The van der Waals surface area contributed by atoms with E-state index >= 15 is 0 Å². The van der Waals surface area contributed by atoms with E-state index in [1.165, 1.54) is 23.8 Å². The molecule has 0 aliphatic carbocycles. The first-order chi connectivity index (χ1) is 23.7. The highest BCUT2D eigenvalue weighted by Gasteiger charge is 2.37. The highest BCUT2D eigenvalue weighted by Crippen LogP contribution is 2.42. The van der Waals surface area contributed by atoms with Crippen LogP contribution >= 0.6 is 22.9 Å². The molecule has 250 valence electrons. The maximum Gasteiger partial charge on any atom is 0.338 e. The molecule has 0 unspecified atom stereocenters. The number of hydrogen-bond donors (Lipinski definition) is 1. The summed E-state index contributed by atoms with van der Waals surface area (Å²) < 4.78 is 25.3. The van der Waals surface area contributed by atoms with Crippen LogP contribution in [0.5, 0.6) is 11.5 Å². The van der Waals surface area contributed by atoms with Crippen LogP contribution in [-0.2, 0) is 9.53 Å². The third-order valence-electron chi connectivity index (χ3n) is 7.73. The number of aromatic carboxylic acids is 1. The van der Waals surface area contributed by atoms with E-state index in [0.717, 1.165) is 17.8 Å². The monoisotopic (exact) mass is 698 g/mol. The van der Waals surface area contributed by atoms with Gasteiger partial charge in [0.1, 0.15) is 17.6 Å². The fourth-order valence-corrected chi connectivity index (χ4v) is 6.74. The van der Waals surface area contributed by atoms with E-state index in [9.17, 15) is 19.5 Å². The molecule has 1 aliphatic heterocycles. The van der Waals surface area contributed by atoms with Gasteiger partial charge in [-0.2, -0.15) is 0 Å². The summed E-state index contributed by atoms with van der Waals surface area (Å²) in [6.07, 6.45) is 2.31. The third kappa shape index (κ3) is 6.55. The molecule has 49 heavy (non-hydrogen) atoms. The third-order valence-corrected chi connectivity index (χ3v) is 9.04. The second-order valence-corrected chi connectivity index (χ2v) is 12.3. The Balaban J connectivity index is 1.58. The highest BCUT2D eigenvalue weighted by atomic mass is 35.5. The largest absolute Gasteiger partial charge is 0.493 e. The highest BCUT2D eigenvalue weighted by molar-refractivity contribution is 7.07. The van der Waals surface area contributed by atoms with Crippen LogP contribution in [0.15, 0.2) is 98.6 Å². The summed E-state index contributed by atoms with van der Waals surface area (Å²) in [5.74, 6) is -0.183. The summed E-state index contributed by atoms with van der Waals surface area (Å²) in [5.41, 5.74) is 1.79. The normalized spacial score (nSPS) is 14.3. The molecule has 10 nitrogen and oxygen atoms in total. The van der Waals surface area contributed by atoms with Gasteiger partial charge in [-0.25, -0.2) is 14.6 Å². The number of methoxy groups -OCH3 is 1. The molecule has 6 rings (SSSR count). The number of carbonyl (C=O) groups is 2. The molecule has 0 spiro atoms. The number of nitrogens with zero attached hydrogens (tertiary/aromatic N) is 2.